The number of hydrogen-bond donors (Lipinski definition) is 1. The van der Waals surface area contributed by atoms with Crippen molar-refractivity contribution in [3.05, 3.63) is 65.0 Å². The van der Waals surface area contributed by atoms with E-state index < -0.39 is 5.97 Å². The second-order valence-electron chi connectivity index (χ2n) is 5.18. The molecule has 0 aliphatic heterocycles. The third-order valence-electron chi connectivity index (χ3n) is 3.29. The Labute approximate surface area is 123 Å². The number of carbonyl (C=O) groups is 1. The zero-order valence-corrected chi connectivity index (χ0v) is 12.1. The van der Waals surface area contributed by atoms with Crippen LogP contribution in [-0.2, 0) is 11.3 Å². The van der Waals surface area contributed by atoms with Crippen molar-refractivity contribution in [3.8, 4) is 0 Å². The molecule has 2 rings (SSSR count). The molecule has 21 heavy (non-hydrogen) atoms. The van der Waals surface area contributed by atoms with Crippen molar-refractivity contribution in [1.29, 1.82) is 0 Å². The molecule has 0 bridgehead atoms. The summed E-state index contributed by atoms with van der Waals surface area (Å²) in [5, 5.41) is 9.07. The number of halogens is 1. The van der Waals surface area contributed by atoms with Crippen LogP contribution in [0.5, 0.6) is 0 Å². The van der Waals surface area contributed by atoms with Crippen LogP contribution in [0.1, 0.15) is 16.7 Å². The Morgan fingerprint density at radius 1 is 1.10 bits per heavy atom. The fraction of sp³-hybridized carbons (Fsp3) is 0.235. The highest BCUT2D eigenvalue weighted by Crippen LogP contribution is 2.20. The van der Waals surface area contributed by atoms with Gasteiger partial charge in [0, 0.05) is 17.8 Å². The van der Waals surface area contributed by atoms with Gasteiger partial charge in [0.25, 0.3) is 0 Å². The van der Waals surface area contributed by atoms with Gasteiger partial charge in [0.2, 0.25) is 0 Å². The summed E-state index contributed by atoms with van der Waals surface area (Å²) in [6.07, 6.45) is 0. The minimum atomic E-state index is -0.941. The van der Waals surface area contributed by atoms with Crippen molar-refractivity contribution in [2.75, 3.05) is 11.4 Å². The molecule has 110 valence electrons. The molecule has 0 unspecified atom stereocenters. The Balaban J connectivity index is 2.30. The summed E-state index contributed by atoms with van der Waals surface area (Å²) < 4.78 is 13.9. The lowest BCUT2D eigenvalue weighted by atomic mass is 10.1. The number of aliphatic carboxylic acids is 1. The van der Waals surface area contributed by atoms with Crippen molar-refractivity contribution in [2.24, 2.45) is 0 Å². The van der Waals surface area contributed by atoms with Crippen molar-refractivity contribution < 1.29 is 14.3 Å². The maximum Gasteiger partial charge on any atom is 0.323 e. The van der Waals surface area contributed by atoms with Gasteiger partial charge in [-0.25, -0.2) is 4.39 Å². The highest BCUT2D eigenvalue weighted by molar-refractivity contribution is 5.73. The molecule has 0 saturated carbocycles. The quantitative estimate of drug-likeness (QED) is 0.914. The van der Waals surface area contributed by atoms with E-state index in [0.717, 1.165) is 16.8 Å². The first-order valence-corrected chi connectivity index (χ1v) is 6.74. The van der Waals surface area contributed by atoms with E-state index in [0.29, 0.717) is 5.56 Å². The van der Waals surface area contributed by atoms with E-state index in [9.17, 15) is 9.18 Å². The Bertz CT molecular complexity index is 638. The Morgan fingerprint density at radius 3 is 2.33 bits per heavy atom. The van der Waals surface area contributed by atoms with E-state index in [1.165, 1.54) is 6.07 Å². The van der Waals surface area contributed by atoms with Crippen LogP contribution < -0.4 is 4.90 Å². The second kappa shape index (κ2) is 6.39. The molecule has 0 aliphatic carbocycles. The smallest absolute Gasteiger partial charge is 0.323 e. The number of carboxylic acids is 1. The zero-order chi connectivity index (χ0) is 15.4. The van der Waals surface area contributed by atoms with Gasteiger partial charge >= 0.3 is 5.97 Å². The molecule has 0 aromatic heterocycles. The predicted octanol–water partition coefficient (Wildman–Crippen LogP) is 3.53. The number of benzene rings is 2. The first-order valence-electron chi connectivity index (χ1n) is 6.74. The molecule has 2 aromatic rings. The lowest BCUT2D eigenvalue weighted by Gasteiger charge is -2.23. The summed E-state index contributed by atoms with van der Waals surface area (Å²) in [7, 11) is 0. The largest absolute Gasteiger partial charge is 0.480 e. The molecule has 0 heterocycles. The van der Waals surface area contributed by atoms with E-state index >= 15 is 0 Å². The Morgan fingerprint density at radius 2 is 1.71 bits per heavy atom. The van der Waals surface area contributed by atoms with Gasteiger partial charge in [-0.05, 0) is 32.0 Å². The van der Waals surface area contributed by atoms with Gasteiger partial charge in [0.1, 0.15) is 12.4 Å². The summed E-state index contributed by atoms with van der Waals surface area (Å²) >= 11 is 0. The van der Waals surface area contributed by atoms with E-state index in [-0.39, 0.29) is 18.9 Å². The number of anilines is 1. The van der Waals surface area contributed by atoms with Crippen LogP contribution in [0, 0.1) is 19.7 Å². The van der Waals surface area contributed by atoms with Crippen molar-refractivity contribution >= 4 is 11.7 Å². The first-order chi connectivity index (χ1) is 9.95. The summed E-state index contributed by atoms with van der Waals surface area (Å²) in [6.45, 7) is 3.90. The maximum atomic E-state index is 13.9. The van der Waals surface area contributed by atoms with E-state index in [2.05, 4.69) is 0 Å². The molecule has 0 atom stereocenters. The van der Waals surface area contributed by atoms with Crippen LogP contribution in [0.25, 0.3) is 0 Å². The minimum absolute atomic E-state index is 0.170. The van der Waals surface area contributed by atoms with Gasteiger partial charge in [-0.3, -0.25) is 4.79 Å². The number of carboxylic acid groups (broad SMARTS) is 1. The average Bonchev–Trinajstić information content (AvgIpc) is 2.42. The molecule has 2 aromatic carbocycles. The lowest BCUT2D eigenvalue weighted by Crippen LogP contribution is -2.29. The molecule has 3 nitrogen and oxygen atoms in total. The van der Waals surface area contributed by atoms with Gasteiger partial charge in [-0.2, -0.15) is 0 Å². The number of hydrogen-bond acceptors (Lipinski definition) is 2. The maximum absolute atomic E-state index is 13.9. The Hall–Kier alpha value is -2.36. The normalized spacial score (nSPS) is 10.4. The van der Waals surface area contributed by atoms with E-state index in [1.807, 2.05) is 38.1 Å². The second-order valence-corrected chi connectivity index (χ2v) is 5.18. The molecule has 0 spiro atoms. The number of nitrogens with zero attached hydrogens (tertiary/aromatic N) is 1. The molecule has 0 radical (unpaired) electrons. The van der Waals surface area contributed by atoms with Crippen LogP contribution >= 0.6 is 0 Å². The third kappa shape index (κ3) is 4.05. The molecular weight excluding hydrogens is 269 g/mol. The molecule has 0 aliphatic rings. The summed E-state index contributed by atoms with van der Waals surface area (Å²) in [6, 6.07) is 12.4. The molecular formula is C17H18FNO2. The highest BCUT2D eigenvalue weighted by atomic mass is 19.1. The van der Waals surface area contributed by atoms with Gasteiger partial charge in [-0.15, -0.1) is 0 Å². The van der Waals surface area contributed by atoms with Gasteiger partial charge in [0.15, 0.2) is 0 Å². The van der Waals surface area contributed by atoms with E-state index in [1.54, 1.807) is 17.0 Å². The highest BCUT2D eigenvalue weighted by Gasteiger charge is 2.13. The molecule has 0 saturated heterocycles. The van der Waals surface area contributed by atoms with Crippen LogP contribution in [0.3, 0.4) is 0 Å². The minimum Gasteiger partial charge on any atom is -0.480 e. The monoisotopic (exact) mass is 287 g/mol. The lowest BCUT2D eigenvalue weighted by molar-refractivity contribution is -0.135. The van der Waals surface area contributed by atoms with Gasteiger partial charge in [0.05, 0.1) is 0 Å². The summed E-state index contributed by atoms with van der Waals surface area (Å²) in [5.74, 6) is -1.26. The molecule has 1 N–H and O–H groups in total. The fourth-order valence-electron chi connectivity index (χ4n) is 2.19. The molecule has 4 heteroatoms. The summed E-state index contributed by atoms with van der Waals surface area (Å²) in [4.78, 5) is 12.7. The van der Waals surface area contributed by atoms with Crippen LogP contribution in [-0.4, -0.2) is 17.6 Å². The van der Waals surface area contributed by atoms with Crippen molar-refractivity contribution in [1.82, 2.24) is 0 Å². The zero-order valence-electron chi connectivity index (χ0n) is 12.1. The van der Waals surface area contributed by atoms with Crippen LogP contribution in [0.2, 0.25) is 0 Å². The first kappa shape index (κ1) is 15.0. The van der Waals surface area contributed by atoms with Crippen LogP contribution in [0.15, 0.2) is 42.5 Å². The fourth-order valence-corrected chi connectivity index (χ4v) is 2.19. The SMILES string of the molecule is Cc1ccc(N(CC(=O)O)Cc2cc(C)ccc2F)cc1. The average molecular weight is 287 g/mol. The molecule has 0 fully saturated rings. The van der Waals surface area contributed by atoms with Crippen molar-refractivity contribution in [3.63, 3.8) is 0 Å². The molecule has 0 amide bonds. The van der Waals surface area contributed by atoms with Crippen molar-refractivity contribution in [2.45, 2.75) is 20.4 Å². The van der Waals surface area contributed by atoms with Crippen LogP contribution in [0.4, 0.5) is 10.1 Å². The van der Waals surface area contributed by atoms with Gasteiger partial charge in [-0.1, -0.05) is 35.4 Å². The predicted molar refractivity (Wildman–Crippen MR) is 81.0 cm³/mol. The number of aryl methyl sites for hydroxylation is 2. The third-order valence-corrected chi connectivity index (χ3v) is 3.29. The standard InChI is InChI=1S/C17H18FNO2/c1-12-3-6-15(7-4-12)19(11-17(20)21)10-14-9-13(2)5-8-16(14)18/h3-9H,10-11H2,1-2H3,(H,20,21). The van der Waals surface area contributed by atoms with Gasteiger partial charge < -0.3 is 10.0 Å². The Kier molecular flexibility index (Phi) is 4.58. The topological polar surface area (TPSA) is 40.5 Å². The number of rotatable bonds is 5. The van der Waals surface area contributed by atoms with E-state index in [4.69, 9.17) is 5.11 Å². The summed E-state index contributed by atoms with van der Waals surface area (Å²) in [5.41, 5.74) is 3.31.